The fourth-order valence-electron chi connectivity index (χ4n) is 3.05. The monoisotopic (exact) mass is 445 g/mol. The minimum atomic E-state index is -1.58. The van der Waals surface area contributed by atoms with Gasteiger partial charge in [-0.3, -0.25) is 4.57 Å². The van der Waals surface area contributed by atoms with Gasteiger partial charge in [0.2, 0.25) is 5.89 Å². The maximum Gasteiger partial charge on any atom is 0.352 e. The number of hydrogen-bond acceptors (Lipinski definition) is 5. The van der Waals surface area contributed by atoms with Gasteiger partial charge in [0.15, 0.2) is 5.76 Å². The van der Waals surface area contributed by atoms with Gasteiger partial charge in [0.25, 0.3) is 0 Å². The normalized spacial score (nSPS) is 11.7. The lowest BCUT2D eigenvalue weighted by Gasteiger charge is -2.11. The average molecular weight is 445 g/mol. The van der Waals surface area contributed by atoms with E-state index in [-0.39, 0.29) is 28.5 Å². The molecule has 0 bridgehead atoms. The molecule has 0 atom stereocenters. The lowest BCUT2D eigenvalue weighted by atomic mass is 10.1. The van der Waals surface area contributed by atoms with Crippen molar-refractivity contribution in [2.75, 3.05) is 0 Å². The summed E-state index contributed by atoms with van der Waals surface area (Å²) >= 11 is 0. The van der Waals surface area contributed by atoms with Gasteiger partial charge in [-0.2, -0.15) is 0 Å². The number of aromatic nitrogens is 3. The molecular weight excluding hydrogens is 430 g/mol. The molecule has 0 unspecified atom stereocenters. The van der Waals surface area contributed by atoms with E-state index in [4.69, 9.17) is 4.42 Å². The van der Waals surface area contributed by atoms with E-state index in [0.29, 0.717) is 10.6 Å². The van der Waals surface area contributed by atoms with E-state index in [0.717, 1.165) is 42.7 Å². The number of rotatable bonds is 4. The predicted octanol–water partition coefficient (Wildman–Crippen LogP) is 4.34. The lowest BCUT2D eigenvalue weighted by Crippen LogP contribution is -2.22. The van der Waals surface area contributed by atoms with E-state index in [1.165, 1.54) is 13.8 Å². The molecule has 0 fully saturated rings. The zero-order valence-corrected chi connectivity index (χ0v) is 16.7. The minimum Gasteiger partial charge on any atom is -0.437 e. The summed E-state index contributed by atoms with van der Waals surface area (Å²) in [7, 11) is 0. The van der Waals surface area contributed by atoms with Crippen molar-refractivity contribution in [3.8, 4) is 28.3 Å². The van der Waals surface area contributed by atoms with Crippen LogP contribution in [0.4, 0.5) is 17.6 Å². The van der Waals surface area contributed by atoms with Crippen molar-refractivity contribution in [2.24, 2.45) is 0 Å². The Hall–Kier alpha value is -3.79. The van der Waals surface area contributed by atoms with Crippen molar-refractivity contribution >= 4 is 0 Å². The SMILES string of the molecule is CC(C)(O)c1nc(-c2cnc(=O)n(-c3c(F)cccc3F)c2)c(-c2ccc(F)cc2F)o1. The largest absolute Gasteiger partial charge is 0.437 e. The van der Waals surface area contributed by atoms with Crippen LogP contribution in [0.15, 0.2) is 58.0 Å². The summed E-state index contributed by atoms with van der Waals surface area (Å²) in [6.45, 7) is 2.75. The molecule has 0 spiro atoms. The van der Waals surface area contributed by atoms with Crippen LogP contribution in [0.1, 0.15) is 19.7 Å². The maximum absolute atomic E-state index is 14.5. The molecule has 0 aliphatic heterocycles. The molecule has 10 heteroatoms. The fourth-order valence-corrected chi connectivity index (χ4v) is 3.05. The Kier molecular flexibility index (Phi) is 5.17. The van der Waals surface area contributed by atoms with Crippen LogP contribution in [0.25, 0.3) is 28.3 Å². The van der Waals surface area contributed by atoms with Crippen LogP contribution >= 0.6 is 0 Å². The molecule has 0 amide bonds. The van der Waals surface area contributed by atoms with Crippen molar-refractivity contribution in [3.05, 3.63) is 88.4 Å². The molecule has 2 heterocycles. The molecule has 0 aliphatic carbocycles. The van der Waals surface area contributed by atoms with Crippen LogP contribution in [0.3, 0.4) is 0 Å². The summed E-state index contributed by atoms with van der Waals surface area (Å²) in [5, 5.41) is 10.3. The van der Waals surface area contributed by atoms with Gasteiger partial charge in [-0.1, -0.05) is 6.07 Å². The smallest absolute Gasteiger partial charge is 0.352 e. The molecule has 6 nitrogen and oxygen atoms in total. The minimum absolute atomic E-state index is 0.0326. The Morgan fingerprint density at radius 1 is 1.03 bits per heavy atom. The van der Waals surface area contributed by atoms with Crippen LogP contribution in [0.2, 0.25) is 0 Å². The highest BCUT2D eigenvalue weighted by atomic mass is 19.1. The highest BCUT2D eigenvalue weighted by Gasteiger charge is 2.29. The molecule has 1 N–H and O–H groups in total. The summed E-state index contributed by atoms with van der Waals surface area (Å²) in [5.74, 6) is -4.20. The summed E-state index contributed by atoms with van der Waals surface area (Å²) in [4.78, 5) is 20.1. The second kappa shape index (κ2) is 7.72. The third kappa shape index (κ3) is 3.80. The standard InChI is InChI=1S/C22H15F4N3O3/c1-22(2,31)20-28-17(19(32-20)13-7-6-12(23)8-16(13)26)11-9-27-21(30)29(10-11)18-14(24)4-3-5-15(18)25/h3-10,31H,1-2H3. The van der Waals surface area contributed by atoms with Gasteiger partial charge in [-0.15, -0.1) is 0 Å². The predicted molar refractivity (Wildman–Crippen MR) is 106 cm³/mol. The number of para-hydroxylation sites is 1. The summed E-state index contributed by atoms with van der Waals surface area (Å²) in [6.07, 6.45) is 2.13. The number of nitrogens with zero attached hydrogens (tertiary/aromatic N) is 3. The van der Waals surface area contributed by atoms with Gasteiger partial charge in [0, 0.05) is 24.0 Å². The number of halogens is 4. The third-order valence-electron chi connectivity index (χ3n) is 4.57. The van der Waals surface area contributed by atoms with Gasteiger partial charge < -0.3 is 9.52 Å². The van der Waals surface area contributed by atoms with Crippen LogP contribution < -0.4 is 5.69 Å². The van der Waals surface area contributed by atoms with Crippen LogP contribution in [0, 0.1) is 23.3 Å². The Balaban J connectivity index is 1.98. The van der Waals surface area contributed by atoms with Gasteiger partial charge >= 0.3 is 5.69 Å². The van der Waals surface area contributed by atoms with Crippen molar-refractivity contribution in [3.63, 3.8) is 0 Å². The molecule has 4 aromatic rings. The molecule has 164 valence electrons. The second-order valence-corrected chi connectivity index (χ2v) is 7.45. The zero-order valence-electron chi connectivity index (χ0n) is 16.7. The van der Waals surface area contributed by atoms with E-state index in [2.05, 4.69) is 9.97 Å². The van der Waals surface area contributed by atoms with Gasteiger partial charge in [-0.05, 0) is 38.1 Å². The Bertz CT molecular complexity index is 1370. The molecule has 0 aliphatic rings. The number of benzene rings is 2. The average Bonchev–Trinajstić information content (AvgIpc) is 3.15. The topological polar surface area (TPSA) is 81.2 Å². The summed E-state index contributed by atoms with van der Waals surface area (Å²) in [5.41, 5.74) is -3.44. The molecule has 0 saturated carbocycles. The third-order valence-corrected chi connectivity index (χ3v) is 4.57. The van der Waals surface area contributed by atoms with E-state index in [1.54, 1.807) is 0 Å². The molecule has 2 aromatic carbocycles. The van der Waals surface area contributed by atoms with Gasteiger partial charge in [0.1, 0.15) is 40.3 Å². The number of aliphatic hydroxyl groups is 1. The van der Waals surface area contributed by atoms with E-state index in [1.807, 2.05) is 0 Å². The molecular formula is C22H15F4N3O3. The van der Waals surface area contributed by atoms with Crippen molar-refractivity contribution in [1.82, 2.24) is 14.5 Å². The number of hydrogen-bond donors (Lipinski definition) is 1. The zero-order chi connectivity index (χ0) is 23.2. The van der Waals surface area contributed by atoms with Gasteiger partial charge in [-0.25, -0.2) is 32.3 Å². The van der Waals surface area contributed by atoms with Crippen LogP contribution in [-0.2, 0) is 5.60 Å². The second-order valence-electron chi connectivity index (χ2n) is 7.45. The first kappa shape index (κ1) is 21.4. The first-order valence-electron chi connectivity index (χ1n) is 9.29. The van der Waals surface area contributed by atoms with Gasteiger partial charge in [0.05, 0.1) is 5.56 Å². The maximum atomic E-state index is 14.5. The summed E-state index contributed by atoms with van der Waals surface area (Å²) < 4.78 is 62.6. The Labute approximate surface area is 178 Å². The molecule has 32 heavy (non-hydrogen) atoms. The van der Waals surface area contributed by atoms with Crippen molar-refractivity contribution in [2.45, 2.75) is 19.4 Å². The fraction of sp³-hybridized carbons (Fsp3) is 0.136. The summed E-state index contributed by atoms with van der Waals surface area (Å²) in [6, 6.07) is 5.84. The van der Waals surface area contributed by atoms with E-state index >= 15 is 0 Å². The van der Waals surface area contributed by atoms with E-state index in [9.17, 15) is 27.5 Å². The van der Waals surface area contributed by atoms with E-state index < -0.39 is 40.2 Å². The first-order chi connectivity index (χ1) is 15.1. The molecule has 4 rings (SSSR count). The highest BCUT2D eigenvalue weighted by molar-refractivity contribution is 5.76. The first-order valence-corrected chi connectivity index (χ1v) is 9.29. The Morgan fingerprint density at radius 3 is 2.34 bits per heavy atom. The van der Waals surface area contributed by atoms with Crippen LogP contribution in [-0.4, -0.2) is 19.6 Å². The van der Waals surface area contributed by atoms with Crippen molar-refractivity contribution < 1.29 is 27.1 Å². The molecule has 0 saturated heterocycles. The highest BCUT2D eigenvalue weighted by Crippen LogP contribution is 2.36. The molecule has 2 aromatic heterocycles. The quantitative estimate of drug-likeness (QED) is 0.473. The Morgan fingerprint density at radius 2 is 1.72 bits per heavy atom. The lowest BCUT2D eigenvalue weighted by molar-refractivity contribution is 0.0490. The number of oxazole rings is 1. The molecule has 0 radical (unpaired) electrons. The van der Waals surface area contributed by atoms with Crippen LogP contribution in [0.5, 0.6) is 0 Å². The van der Waals surface area contributed by atoms with Crippen molar-refractivity contribution in [1.29, 1.82) is 0 Å².